The number of rotatable bonds is 1. The van der Waals surface area contributed by atoms with Gasteiger partial charge in [0.15, 0.2) is 0 Å². The minimum absolute atomic E-state index is 0.189. The molecule has 74 valence electrons. The van der Waals surface area contributed by atoms with Crippen LogP contribution >= 0.6 is 0 Å². The van der Waals surface area contributed by atoms with E-state index >= 15 is 0 Å². The first-order valence-corrected chi connectivity index (χ1v) is 4.00. The van der Waals surface area contributed by atoms with E-state index in [1.807, 2.05) is 6.08 Å². The first kappa shape index (κ1) is 10.0. The number of hydrogen-bond donors (Lipinski definition) is 0. The summed E-state index contributed by atoms with van der Waals surface area (Å²) in [6.45, 7) is 0.455. The normalized spacial score (nSPS) is 21.8. The zero-order valence-corrected chi connectivity index (χ0v) is 8.06. The summed E-state index contributed by atoms with van der Waals surface area (Å²) in [5, 5.41) is 1.26. The molecule has 1 unspecified atom stereocenters. The zero-order valence-electron chi connectivity index (χ0n) is 8.06. The second-order valence-electron chi connectivity index (χ2n) is 2.88. The Kier molecular flexibility index (Phi) is 3.27. The van der Waals surface area contributed by atoms with Crippen LogP contribution in [0.3, 0.4) is 0 Å². The number of hydroxylamine groups is 2. The van der Waals surface area contributed by atoms with Gasteiger partial charge in [0.1, 0.15) is 0 Å². The molecule has 0 saturated heterocycles. The van der Waals surface area contributed by atoms with Gasteiger partial charge in [-0.15, -0.1) is 0 Å². The van der Waals surface area contributed by atoms with E-state index in [4.69, 9.17) is 9.57 Å². The van der Waals surface area contributed by atoms with E-state index in [0.717, 1.165) is 0 Å². The summed E-state index contributed by atoms with van der Waals surface area (Å²) in [5.74, 6) is 0. The summed E-state index contributed by atoms with van der Waals surface area (Å²) >= 11 is 0. The third-order valence-corrected chi connectivity index (χ3v) is 1.62. The van der Waals surface area contributed by atoms with Gasteiger partial charge in [0, 0.05) is 21.2 Å². The molecule has 0 radical (unpaired) electrons. The van der Waals surface area contributed by atoms with Crippen molar-refractivity contribution in [2.45, 2.75) is 6.29 Å². The molecule has 2 amide bonds. The first-order chi connectivity index (χ1) is 6.15. The summed E-state index contributed by atoms with van der Waals surface area (Å²) in [6, 6.07) is -0.189. The van der Waals surface area contributed by atoms with Gasteiger partial charge in [-0.25, -0.2) is 9.63 Å². The highest BCUT2D eigenvalue weighted by Crippen LogP contribution is 2.08. The largest absolute Gasteiger partial charge is 0.350 e. The van der Waals surface area contributed by atoms with Crippen LogP contribution in [0.4, 0.5) is 4.79 Å². The molecule has 5 heteroatoms. The van der Waals surface area contributed by atoms with Crippen LogP contribution in [0.25, 0.3) is 0 Å². The lowest BCUT2D eigenvalue weighted by atomic mass is 10.4. The van der Waals surface area contributed by atoms with Crippen LogP contribution in [0.5, 0.6) is 0 Å². The molecule has 0 saturated carbocycles. The molecule has 0 bridgehead atoms. The molecule has 5 nitrogen and oxygen atoms in total. The maximum absolute atomic E-state index is 11.4. The Morgan fingerprint density at radius 3 is 2.92 bits per heavy atom. The van der Waals surface area contributed by atoms with Crippen LogP contribution < -0.4 is 0 Å². The van der Waals surface area contributed by atoms with Gasteiger partial charge in [0.05, 0.1) is 6.54 Å². The predicted octanol–water partition coefficient (Wildman–Crippen LogP) is 0.444. The fourth-order valence-corrected chi connectivity index (χ4v) is 0.939. The molecule has 0 fully saturated rings. The van der Waals surface area contributed by atoms with Crippen LogP contribution in [0.1, 0.15) is 0 Å². The SMILES string of the molecule is COC1C=CCN(C(=O)N(C)C)O1. The maximum atomic E-state index is 11.4. The molecule has 0 aliphatic carbocycles. The van der Waals surface area contributed by atoms with E-state index in [0.29, 0.717) is 6.54 Å². The zero-order chi connectivity index (χ0) is 9.84. The summed E-state index contributed by atoms with van der Waals surface area (Å²) in [5.41, 5.74) is 0. The number of amides is 2. The quantitative estimate of drug-likeness (QED) is 0.558. The topological polar surface area (TPSA) is 42.0 Å². The molecule has 0 aromatic carbocycles. The van der Waals surface area contributed by atoms with E-state index in [2.05, 4.69) is 0 Å². The molecule has 0 aromatic heterocycles. The highest BCUT2D eigenvalue weighted by atomic mass is 16.8. The fourth-order valence-electron chi connectivity index (χ4n) is 0.939. The van der Waals surface area contributed by atoms with E-state index in [1.54, 1.807) is 20.2 Å². The van der Waals surface area contributed by atoms with Crippen LogP contribution in [-0.4, -0.2) is 50.0 Å². The van der Waals surface area contributed by atoms with Crippen molar-refractivity contribution < 1.29 is 14.4 Å². The summed E-state index contributed by atoms with van der Waals surface area (Å²) in [4.78, 5) is 18.0. The van der Waals surface area contributed by atoms with Gasteiger partial charge in [-0.1, -0.05) is 6.08 Å². The van der Waals surface area contributed by atoms with Gasteiger partial charge >= 0.3 is 6.03 Å². The van der Waals surface area contributed by atoms with E-state index in [9.17, 15) is 4.79 Å². The Morgan fingerprint density at radius 1 is 1.69 bits per heavy atom. The van der Waals surface area contributed by atoms with E-state index in [-0.39, 0.29) is 6.03 Å². The van der Waals surface area contributed by atoms with Crippen LogP contribution in [0.2, 0.25) is 0 Å². The lowest BCUT2D eigenvalue weighted by Gasteiger charge is -2.29. The Balaban J connectivity index is 2.54. The van der Waals surface area contributed by atoms with Crippen molar-refractivity contribution in [3.05, 3.63) is 12.2 Å². The maximum Gasteiger partial charge on any atom is 0.343 e. The second kappa shape index (κ2) is 4.25. The van der Waals surface area contributed by atoms with Crippen LogP contribution in [-0.2, 0) is 9.57 Å². The van der Waals surface area contributed by atoms with Gasteiger partial charge in [0.25, 0.3) is 0 Å². The minimum atomic E-state index is -0.461. The number of carbonyl (C=O) groups excluding carboxylic acids is 1. The molecule has 0 spiro atoms. The van der Waals surface area contributed by atoms with E-state index in [1.165, 1.54) is 17.1 Å². The van der Waals surface area contributed by atoms with Gasteiger partial charge in [-0.3, -0.25) is 0 Å². The van der Waals surface area contributed by atoms with Gasteiger partial charge in [-0.05, 0) is 6.08 Å². The predicted molar refractivity (Wildman–Crippen MR) is 46.8 cm³/mol. The Bertz CT molecular complexity index is 215. The molecule has 1 heterocycles. The van der Waals surface area contributed by atoms with Crippen molar-refractivity contribution in [1.82, 2.24) is 9.96 Å². The van der Waals surface area contributed by atoms with Crippen LogP contribution in [0.15, 0.2) is 12.2 Å². The number of nitrogens with zero attached hydrogens (tertiary/aromatic N) is 2. The molecule has 13 heavy (non-hydrogen) atoms. The number of carbonyl (C=O) groups is 1. The van der Waals surface area contributed by atoms with Crippen molar-refractivity contribution >= 4 is 6.03 Å². The highest BCUT2D eigenvalue weighted by Gasteiger charge is 2.21. The van der Waals surface area contributed by atoms with Gasteiger partial charge in [-0.2, -0.15) is 5.06 Å². The highest BCUT2D eigenvalue weighted by molar-refractivity contribution is 5.72. The molecular weight excluding hydrogens is 172 g/mol. The molecule has 1 aliphatic rings. The lowest BCUT2D eigenvalue weighted by molar-refractivity contribution is -0.230. The number of ether oxygens (including phenoxy) is 1. The molecule has 1 atom stereocenters. The van der Waals surface area contributed by atoms with E-state index < -0.39 is 6.29 Å². The third-order valence-electron chi connectivity index (χ3n) is 1.62. The molecular formula is C8H14N2O3. The van der Waals surface area contributed by atoms with Crippen LogP contribution in [0, 0.1) is 0 Å². The standard InChI is InChI=1S/C8H14N2O3/c1-9(2)8(11)10-6-4-5-7(12-3)13-10/h4-5,7H,6H2,1-3H3. The van der Waals surface area contributed by atoms with Crippen molar-refractivity contribution in [2.24, 2.45) is 0 Å². The van der Waals surface area contributed by atoms with Gasteiger partial charge in [0.2, 0.25) is 6.29 Å². The average Bonchev–Trinajstić information content (AvgIpc) is 2.16. The summed E-state index contributed by atoms with van der Waals surface area (Å²) < 4.78 is 4.93. The van der Waals surface area contributed by atoms with Crippen molar-refractivity contribution in [2.75, 3.05) is 27.7 Å². The second-order valence-corrected chi connectivity index (χ2v) is 2.88. The van der Waals surface area contributed by atoms with Gasteiger partial charge < -0.3 is 9.64 Å². The summed E-state index contributed by atoms with van der Waals surface area (Å²) in [7, 11) is 4.87. The summed E-state index contributed by atoms with van der Waals surface area (Å²) in [6.07, 6.45) is 3.14. The number of hydrogen-bond acceptors (Lipinski definition) is 3. The lowest BCUT2D eigenvalue weighted by Crippen LogP contribution is -2.43. The van der Waals surface area contributed by atoms with Crippen molar-refractivity contribution in [1.29, 1.82) is 0 Å². The molecule has 0 aromatic rings. The Labute approximate surface area is 77.5 Å². The fraction of sp³-hybridized carbons (Fsp3) is 0.625. The smallest absolute Gasteiger partial charge is 0.343 e. The molecule has 1 rings (SSSR count). The monoisotopic (exact) mass is 186 g/mol. The first-order valence-electron chi connectivity index (χ1n) is 4.00. The third kappa shape index (κ3) is 2.43. The molecule has 0 N–H and O–H groups in total. The Hall–Kier alpha value is -1.07. The van der Waals surface area contributed by atoms with Crippen molar-refractivity contribution in [3.8, 4) is 0 Å². The molecule has 1 aliphatic heterocycles. The van der Waals surface area contributed by atoms with Crippen molar-refractivity contribution in [3.63, 3.8) is 0 Å². The number of methoxy groups -OCH3 is 1. The Morgan fingerprint density at radius 2 is 2.38 bits per heavy atom. The average molecular weight is 186 g/mol. The number of urea groups is 1. The minimum Gasteiger partial charge on any atom is -0.350 e.